The number of hydrogen-bond acceptors (Lipinski definition) is 2. The maximum absolute atomic E-state index is 13.1. The van der Waals surface area contributed by atoms with E-state index < -0.39 is 0 Å². The van der Waals surface area contributed by atoms with E-state index in [2.05, 4.69) is 41.5 Å². The molecule has 0 aliphatic heterocycles. The zero-order valence-corrected chi connectivity index (χ0v) is 15.7. The fourth-order valence-electron chi connectivity index (χ4n) is 7.36. The summed E-state index contributed by atoms with van der Waals surface area (Å²) in [4.78, 5) is 26.3. The lowest BCUT2D eigenvalue weighted by molar-refractivity contribution is -0.134. The SMILES string of the molecule is CC1(C)[C@@H]2CC[C@]1(C)C(=O)[C@@H]2C[C@@H]1C(=O)[C@@]2(C)CC[C@@H]1C2(C)C. The zero-order valence-electron chi connectivity index (χ0n) is 15.7. The summed E-state index contributed by atoms with van der Waals surface area (Å²) in [6.07, 6.45) is 5.28. The lowest BCUT2D eigenvalue weighted by Crippen LogP contribution is -2.36. The Morgan fingerprint density at radius 1 is 0.739 bits per heavy atom. The number of carbonyl (C=O) groups excluding carboxylic acids is 2. The maximum atomic E-state index is 13.1. The van der Waals surface area contributed by atoms with Crippen LogP contribution in [-0.2, 0) is 9.59 Å². The summed E-state index contributed by atoms with van der Waals surface area (Å²) in [5, 5.41) is 0. The Labute approximate surface area is 140 Å². The largest absolute Gasteiger partial charge is 0.299 e. The van der Waals surface area contributed by atoms with Gasteiger partial charge >= 0.3 is 0 Å². The molecule has 0 spiro atoms. The zero-order chi connectivity index (χ0) is 17.0. The topological polar surface area (TPSA) is 34.1 Å². The van der Waals surface area contributed by atoms with Gasteiger partial charge in [-0.05, 0) is 54.8 Å². The summed E-state index contributed by atoms with van der Waals surface area (Å²) >= 11 is 0. The van der Waals surface area contributed by atoms with Crippen LogP contribution in [0.2, 0.25) is 0 Å². The summed E-state index contributed by atoms with van der Waals surface area (Å²) in [5.74, 6) is 2.19. The van der Waals surface area contributed by atoms with Crippen molar-refractivity contribution in [2.75, 3.05) is 0 Å². The van der Waals surface area contributed by atoms with Crippen LogP contribution in [0.15, 0.2) is 0 Å². The minimum Gasteiger partial charge on any atom is -0.299 e. The highest BCUT2D eigenvalue weighted by atomic mass is 16.1. The third-order valence-corrected chi connectivity index (χ3v) is 9.85. The number of Topliss-reactive ketones (excluding diaryl/α,β-unsaturated/α-hetero) is 2. The molecule has 0 aromatic rings. The van der Waals surface area contributed by atoms with Gasteiger partial charge < -0.3 is 0 Å². The Balaban J connectivity index is 1.64. The Hall–Kier alpha value is -0.660. The maximum Gasteiger partial charge on any atom is 0.142 e. The van der Waals surface area contributed by atoms with Gasteiger partial charge in [0, 0.05) is 22.7 Å². The van der Waals surface area contributed by atoms with Crippen molar-refractivity contribution in [2.45, 2.75) is 73.6 Å². The minimum absolute atomic E-state index is 0.106. The van der Waals surface area contributed by atoms with Crippen molar-refractivity contribution in [1.82, 2.24) is 0 Å². The predicted octanol–water partition coefficient (Wildman–Crippen LogP) is 4.66. The minimum atomic E-state index is -0.150. The number of hydrogen-bond donors (Lipinski definition) is 0. The van der Waals surface area contributed by atoms with E-state index in [9.17, 15) is 9.59 Å². The van der Waals surface area contributed by atoms with Crippen molar-refractivity contribution in [1.29, 1.82) is 0 Å². The van der Waals surface area contributed by atoms with Crippen LogP contribution in [0.4, 0.5) is 0 Å². The van der Waals surface area contributed by atoms with Gasteiger partial charge in [-0.1, -0.05) is 41.5 Å². The molecule has 6 atom stereocenters. The van der Waals surface area contributed by atoms with E-state index >= 15 is 0 Å². The number of rotatable bonds is 2. The molecule has 0 aromatic carbocycles. The van der Waals surface area contributed by atoms with Crippen LogP contribution in [0.5, 0.6) is 0 Å². The predicted molar refractivity (Wildman–Crippen MR) is 90.8 cm³/mol. The first-order valence-electron chi connectivity index (χ1n) is 9.57. The van der Waals surface area contributed by atoms with Crippen LogP contribution in [0.1, 0.15) is 73.6 Å². The number of carbonyl (C=O) groups is 2. The molecule has 0 unspecified atom stereocenters. The second kappa shape index (κ2) is 4.11. The Bertz CT molecular complexity index is 549. The number of fused-ring (bicyclic) bond motifs is 4. The molecule has 4 aliphatic carbocycles. The summed E-state index contributed by atoms with van der Waals surface area (Å²) in [6, 6.07) is 0. The van der Waals surface area contributed by atoms with Crippen LogP contribution >= 0.6 is 0 Å². The smallest absolute Gasteiger partial charge is 0.142 e. The van der Waals surface area contributed by atoms with E-state index in [-0.39, 0.29) is 33.5 Å². The highest BCUT2D eigenvalue weighted by Crippen LogP contribution is 2.70. The summed E-state index contributed by atoms with van der Waals surface area (Å²) in [6.45, 7) is 13.5. The molecule has 0 amide bonds. The lowest BCUT2D eigenvalue weighted by Gasteiger charge is -2.32. The molecule has 0 radical (unpaired) electrons. The molecule has 4 bridgehead atoms. The van der Waals surface area contributed by atoms with Gasteiger partial charge in [-0.25, -0.2) is 0 Å². The average Bonchev–Trinajstić information content (AvgIpc) is 2.93. The van der Waals surface area contributed by atoms with Crippen LogP contribution < -0.4 is 0 Å². The van der Waals surface area contributed by atoms with Crippen LogP contribution in [0.3, 0.4) is 0 Å². The van der Waals surface area contributed by atoms with Gasteiger partial charge in [-0.3, -0.25) is 9.59 Å². The molecule has 2 nitrogen and oxygen atoms in total. The monoisotopic (exact) mass is 316 g/mol. The molecule has 4 saturated carbocycles. The van der Waals surface area contributed by atoms with Gasteiger partial charge in [-0.2, -0.15) is 0 Å². The molecule has 2 heteroatoms. The van der Waals surface area contributed by atoms with E-state index in [0.29, 0.717) is 23.4 Å². The average molecular weight is 316 g/mol. The van der Waals surface area contributed by atoms with E-state index in [0.717, 1.165) is 19.3 Å². The molecule has 23 heavy (non-hydrogen) atoms. The molecule has 4 aliphatic rings. The van der Waals surface area contributed by atoms with Crippen LogP contribution in [0, 0.1) is 45.3 Å². The molecule has 0 saturated heterocycles. The van der Waals surface area contributed by atoms with Crippen LogP contribution in [0.25, 0.3) is 0 Å². The highest BCUT2D eigenvalue weighted by molar-refractivity contribution is 5.94. The molecule has 0 heterocycles. The van der Waals surface area contributed by atoms with Crippen molar-refractivity contribution < 1.29 is 9.59 Å². The fraction of sp³-hybridized carbons (Fsp3) is 0.905. The van der Waals surface area contributed by atoms with Gasteiger partial charge in [0.2, 0.25) is 0 Å². The number of ketones is 2. The first-order chi connectivity index (χ1) is 10.5. The van der Waals surface area contributed by atoms with Crippen LogP contribution in [-0.4, -0.2) is 11.6 Å². The van der Waals surface area contributed by atoms with Gasteiger partial charge in [-0.15, -0.1) is 0 Å². The van der Waals surface area contributed by atoms with Crippen molar-refractivity contribution >= 4 is 11.6 Å². The Morgan fingerprint density at radius 3 is 1.35 bits per heavy atom. The van der Waals surface area contributed by atoms with E-state index in [1.54, 1.807) is 0 Å². The van der Waals surface area contributed by atoms with Crippen molar-refractivity contribution in [2.24, 2.45) is 45.3 Å². The van der Waals surface area contributed by atoms with E-state index in [1.165, 1.54) is 12.8 Å². The highest BCUT2D eigenvalue weighted by Gasteiger charge is 2.70. The summed E-state index contributed by atoms with van der Waals surface area (Å²) in [7, 11) is 0. The van der Waals surface area contributed by atoms with E-state index in [4.69, 9.17) is 0 Å². The quantitative estimate of drug-likeness (QED) is 0.742. The lowest BCUT2D eigenvalue weighted by atomic mass is 9.70. The van der Waals surface area contributed by atoms with Gasteiger partial charge in [0.15, 0.2) is 0 Å². The van der Waals surface area contributed by atoms with Gasteiger partial charge in [0.1, 0.15) is 11.6 Å². The second-order valence-corrected chi connectivity index (χ2v) is 10.6. The Morgan fingerprint density at radius 2 is 1.09 bits per heavy atom. The molecule has 4 rings (SSSR count). The second-order valence-electron chi connectivity index (χ2n) is 10.6. The summed E-state index contributed by atoms with van der Waals surface area (Å²) in [5.41, 5.74) is -0.0888. The molecular weight excluding hydrogens is 284 g/mol. The third kappa shape index (κ3) is 1.48. The Kier molecular flexibility index (Phi) is 2.83. The third-order valence-electron chi connectivity index (χ3n) is 9.85. The molecular formula is C21H32O2. The normalized spacial score (nSPS) is 52.6. The van der Waals surface area contributed by atoms with Gasteiger partial charge in [0.05, 0.1) is 0 Å². The van der Waals surface area contributed by atoms with Crippen molar-refractivity contribution in [3.63, 3.8) is 0 Å². The molecule has 4 fully saturated rings. The van der Waals surface area contributed by atoms with Gasteiger partial charge in [0.25, 0.3) is 0 Å². The fourth-order valence-corrected chi connectivity index (χ4v) is 7.36. The summed E-state index contributed by atoms with van der Waals surface area (Å²) < 4.78 is 0. The van der Waals surface area contributed by atoms with Crippen molar-refractivity contribution in [3.05, 3.63) is 0 Å². The molecule has 0 N–H and O–H groups in total. The standard InChI is InChI=1S/C21H32O2/c1-18(2)14-7-9-20(18,5)16(22)12(14)11-13-15-8-10-21(6,17(13)23)19(15,3)4/h12-15H,7-11H2,1-6H3/t12-,13+,14-,15+,20-,21-/m1/s1. The molecule has 128 valence electrons. The molecule has 0 aromatic heterocycles. The van der Waals surface area contributed by atoms with Crippen molar-refractivity contribution in [3.8, 4) is 0 Å². The van der Waals surface area contributed by atoms with E-state index in [1.807, 2.05) is 0 Å². The first-order valence-corrected chi connectivity index (χ1v) is 9.57. The first kappa shape index (κ1) is 15.8.